The van der Waals surface area contributed by atoms with Crippen molar-refractivity contribution in [3.63, 3.8) is 0 Å². The highest BCUT2D eigenvalue weighted by Gasteiger charge is 1.96. The Morgan fingerprint density at radius 3 is 1.00 bits per heavy atom. The highest BCUT2D eigenvalue weighted by atomic mass is 35.5. The molecule has 0 saturated carbocycles. The third-order valence-electron chi connectivity index (χ3n) is 4.53. The van der Waals surface area contributed by atoms with Crippen LogP contribution < -0.4 is 0 Å². The summed E-state index contributed by atoms with van der Waals surface area (Å²) in [6, 6.07) is 1.53. The lowest BCUT2D eigenvalue weighted by Gasteiger charge is -2.04. The van der Waals surface area contributed by atoms with Gasteiger partial charge in [-0.25, -0.2) is 0 Å². The van der Waals surface area contributed by atoms with Crippen LogP contribution in [-0.2, 0) is 0 Å². The molecule has 0 aliphatic heterocycles. The fraction of sp³-hybridized carbons (Fsp3) is 1.00. The van der Waals surface area contributed by atoms with Gasteiger partial charge in [0.2, 0.25) is 0 Å². The normalized spacial score (nSPS) is 10.9. The zero-order valence-electron chi connectivity index (χ0n) is 15.9. The lowest BCUT2D eigenvalue weighted by Crippen LogP contribution is -1.97. The summed E-state index contributed by atoms with van der Waals surface area (Å²) in [6.07, 6.45) is 23.7. The Balaban J connectivity index is 0. The Kier molecular flexibility index (Phi) is 24.2. The minimum Gasteiger partial charge on any atom is -0.147 e. The molecule has 0 aliphatic carbocycles. The van der Waals surface area contributed by atoms with Crippen LogP contribution in [0.5, 0.6) is 0 Å². The second-order valence-electron chi connectivity index (χ2n) is 7.26. The number of unbranched alkanes of at least 4 members (excludes halogenated alkanes) is 15. The van der Waals surface area contributed by atoms with Crippen LogP contribution in [0.25, 0.3) is 0 Å². The van der Waals surface area contributed by atoms with E-state index < -0.39 is 0 Å². The van der Waals surface area contributed by atoms with E-state index in [2.05, 4.69) is 20.0 Å². The molecule has 0 bridgehead atoms. The molecule has 0 unspecified atom stereocenters. The molecule has 0 spiro atoms. The first kappa shape index (κ1) is 24.8. The van der Waals surface area contributed by atoms with Gasteiger partial charge in [-0.05, 0) is 0 Å². The van der Waals surface area contributed by atoms with Gasteiger partial charge in [0.05, 0.1) is 0 Å². The Hall–Kier alpha value is 0.507. The Morgan fingerprint density at radius 1 is 0.455 bits per heavy atom. The predicted octanol–water partition coefficient (Wildman–Crippen LogP) is 8.42. The summed E-state index contributed by atoms with van der Waals surface area (Å²) in [5.74, 6) is 0. The maximum absolute atomic E-state index is 2.44. The molecule has 0 aromatic carbocycles. The van der Waals surface area contributed by atoms with E-state index in [9.17, 15) is 0 Å². The average Bonchev–Trinajstić information content (AvgIpc) is 2.46. The lowest BCUT2D eigenvalue weighted by molar-refractivity contribution is 0.531. The number of hydrogen-bond donors (Lipinski definition) is 0. The molecule has 0 amide bonds. The summed E-state index contributed by atoms with van der Waals surface area (Å²) in [6.45, 7) is 7.18. The van der Waals surface area contributed by atoms with Crippen molar-refractivity contribution in [2.75, 3.05) is 0 Å². The number of rotatable bonds is 17. The van der Waals surface area contributed by atoms with Gasteiger partial charge in [0.1, 0.15) is 0 Å². The van der Waals surface area contributed by atoms with E-state index in [1.54, 1.807) is 0 Å². The molecular formula is C20H44ClSi. The monoisotopic (exact) mass is 347 g/mol. The van der Waals surface area contributed by atoms with E-state index in [4.69, 9.17) is 0 Å². The van der Waals surface area contributed by atoms with Crippen molar-refractivity contribution in [2.24, 2.45) is 0 Å². The van der Waals surface area contributed by atoms with Crippen LogP contribution in [0.3, 0.4) is 0 Å². The van der Waals surface area contributed by atoms with E-state index in [0.717, 1.165) is 0 Å². The van der Waals surface area contributed by atoms with Gasteiger partial charge in [-0.2, -0.15) is 0 Å². The molecule has 0 nitrogen and oxygen atoms in total. The molecule has 0 fully saturated rings. The molecule has 0 rings (SSSR count). The van der Waals surface area contributed by atoms with Crippen molar-refractivity contribution in [3.05, 3.63) is 0 Å². The average molecular weight is 348 g/mol. The largest absolute Gasteiger partial charge is 0.147 e. The molecule has 0 N–H and O–H groups in total. The summed E-state index contributed by atoms with van der Waals surface area (Å²) in [5.41, 5.74) is 0. The summed E-state index contributed by atoms with van der Waals surface area (Å²) in [4.78, 5) is 0. The SMILES string of the molecule is CCCCCCCCCCCCCCCCCC[Si](C)C.Cl. The van der Waals surface area contributed by atoms with Crippen LogP contribution in [0.2, 0.25) is 19.1 Å². The standard InChI is InChI=1S/C20H43Si.ClH/c1-4-5-6-7-8-9-10-11-12-13-14-15-16-17-18-19-20-21(2)3;/h4-20H2,1-3H3;1H. The molecule has 0 saturated heterocycles. The minimum absolute atomic E-state index is 0. The van der Waals surface area contributed by atoms with Gasteiger partial charge in [-0.15, -0.1) is 12.4 Å². The molecule has 0 heterocycles. The topological polar surface area (TPSA) is 0 Å². The smallest absolute Gasteiger partial charge is 0.0412 e. The van der Waals surface area contributed by atoms with Crippen LogP contribution in [0.4, 0.5) is 0 Å². The fourth-order valence-electron chi connectivity index (χ4n) is 3.03. The second-order valence-corrected chi connectivity index (χ2v) is 10.2. The molecule has 22 heavy (non-hydrogen) atoms. The van der Waals surface area contributed by atoms with Crippen molar-refractivity contribution in [1.82, 2.24) is 0 Å². The van der Waals surface area contributed by atoms with Crippen LogP contribution in [0, 0.1) is 0 Å². The fourth-order valence-corrected chi connectivity index (χ4v) is 3.98. The van der Waals surface area contributed by atoms with E-state index in [1.807, 2.05) is 0 Å². The first-order valence-corrected chi connectivity index (χ1v) is 12.8. The summed E-state index contributed by atoms with van der Waals surface area (Å²) in [7, 11) is 0.0467. The quantitative estimate of drug-likeness (QED) is 0.183. The molecule has 0 aromatic rings. The first-order chi connectivity index (χ1) is 10.3. The van der Waals surface area contributed by atoms with Gasteiger partial charge in [0.25, 0.3) is 0 Å². The molecule has 0 aromatic heterocycles. The lowest BCUT2D eigenvalue weighted by atomic mass is 10.0. The summed E-state index contributed by atoms with van der Waals surface area (Å²) < 4.78 is 0. The maximum Gasteiger partial charge on any atom is 0.0412 e. The Labute approximate surface area is 150 Å². The maximum atomic E-state index is 2.44. The molecule has 0 atom stereocenters. The van der Waals surface area contributed by atoms with Gasteiger partial charge in [0, 0.05) is 8.80 Å². The van der Waals surface area contributed by atoms with Crippen LogP contribution in [0.15, 0.2) is 0 Å². The summed E-state index contributed by atoms with van der Waals surface area (Å²) >= 11 is 0. The van der Waals surface area contributed by atoms with Crippen molar-refractivity contribution in [2.45, 2.75) is 129 Å². The molecule has 1 radical (unpaired) electrons. The highest BCUT2D eigenvalue weighted by molar-refractivity contribution is 6.55. The van der Waals surface area contributed by atoms with Crippen LogP contribution in [0.1, 0.15) is 110 Å². The first-order valence-electron chi connectivity index (χ1n) is 10.1. The van der Waals surface area contributed by atoms with Gasteiger partial charge in [-0.1, -0.05) is 129 Å². The number of hydrogen-bond acceptors (Lipinski definition) is 0. The van der Waals surface area contributed by atoms with Gasteiger partial charge in [0.15, 0.2) is 0 Å². The third kappa shape index (κ3) is 22.8. The van der Waals surface area contributed by atoms with E-state index >= 15 is 0 Å². The van der Waals surface area contributed by atoms with Crippen molar-refractivity contribution < 1.29 is 0 Å². The predicted molar refractivity (Wildman–Crippen MR) is 109 cm³/mol. The van der Waals surface area contributed by atoms with Crippen LogP contribution in [-0.4, -0.2) is 8.80 Å². The van der Waals surface area contributed by atoms with Gasteiger partial charge >= 0.3 is 0 Å². The van der Waals surface area contributed by atoms with Crippen molar-refractivity contribution >= 4 is 21.2 Å². The van der Waals surface area contributed by atoms with Crippen molar-refractivity contribution in [1.29, 1.82) is 0 Å². The molecule has 135 valence electrons. The minimum atomic E-state index is 0. The second kappa shape index (κ2) is 21.5. The Morgan fingerprint density at radius 2 is 0.727 bits per heavy atom. The Bertz CT molecular complexity index is 183. The third-order valence-corrected chi connectivity index (χ3v) is 5.88. The van der Waals surface area contributed by atoms with E-state index in [1.165, 1.54) is 109 Å². The van der Waals surface area contributed by atoms with Gasteiger partial charge in [-0.3, -0.25) is 0 Å². The van der Waals surface area contributed by atoms with Crippen LogP contribution >= 0.6 is 12.4 Å². The number of halogens is 1. The zero-order chi connectivity index (χ0) is 15.6. The zero-order valence-corrected chi connectivity index (χ0v) is 17.7. The summed E-state index contributed by atoms with van der Waals surface area (Å²) in [5, 5.41) is 0. The van der Waals surface area contributed by atoms with Gasteiger partial charge < -0.3 is 0 Å². The van der Waals surface area contributed by atoms with Crippen molar-refractivity contribution in [3.8, 4) is 0 Å². The molecular weight excluding hydrogens is 304 g/mol. The van der Waals surface area contributed by atoms with E-state index in [-0.39, 0.29) is 21.2 Å². The highest BCUT2D eigenvalue weighted by Crippen LogP contribution is 2.14. The van der Waals surface area contributed by atoms with E-state index in [0.29, 0.717) is 0 Å². The molecule has 2 heteroatoms. The molecule has 0 aliphatic rings.